The maximum absolute atomic E-state index is 13.3. The van der Waals surface area contributed by atoms with E-state index in [1.165, 1.54) is 16.2 Å². The zero-order valence-corrected chi connectivity index (χ0v) is 19.0. The number of carbonyl (C=O) groups excluding carboxylic acids is 2. The van der Waals surface area contributed by atoms with E-state index in [4.69, 9.17) is 4.74 Å². The molecule has 172 valence electrons. The van der Waals surface area contributed by atoms with Crippen molar-refractivity contribution in [3.8, 4) is 10.6 Å². The van der Waals surface area contributed by atoms with E-state index in [1.54, 1.807) is 25.3 Å². The molecule has 1 aromatic heterocycles. The van der Waals surface area contributed by atoms with Crippen LogP contribution >= 0.6 is 11.3 Å². The van der Waals surface area contributed by atoms with Gasteiger partial charge in [-0.05, 0) is 44.0 Å². The summed E-state index contributed by atoms with van der Waals surface area (Å²) in [5.74, 6) is 0. The zero-order valence-electron chi connectivity index (χ0n) is 18.1. The van der Waals surface area contributed by atoms with Crippen LogP contribution in [0.5, 0.6) is 0 Å². The van der Waals surface area contributed by atoms with Crippen molar-refractivity contribution in [1.82, 2.24) is 9.88 Å². The van der Waals surface area contributed by atoms with Gasteiger partial charge in [0.05, 0.1) is 18.2 Å². The highest BCUT2D eigenvalue weighted by Gasteiger charge is 2.41. The molecule has 33 heavy (non-hydrogen) atoms. The summed E-state index contributed by atoms with van der Waals surface area (Å²) in [6.45, 7) is 5.46. The van der Waals surface area contributed by atoms with Crippen molar-refractivity contribution >= 4 is 23.7 Å². The van der Waals surface area contributed by atoms with Gasteiger partial charge in [0, 0.05) is 10.9 Å². The summed E-state index contributed by atoms with van der Waals surface area (Å²) in [5, 5.41) is 2.31. The van der Waals surface area contributed by atoms with Crippen LogP contribution in [0.3, 0.4) is 0 Å². The fourth-order valence-corrected chi connectivity index (χ4v) is 4.83. The number of ether oxygens (including phenoxy) is 1. The molecule has 2 heterocycles. The fourth-order valence-electron chi connectivity index (χ4n) is 4.01. The molecule has 1 amide bonds. The molecule has 3 aromatic rings. The van der Waals surface area contributed by atoms with Crippen LogP contribution in [0.1, 0.15) is 51.3 Å². The van der Waals surface area contributed by atoms with Crippen LogP contribution in [-0.2, 0) is 17.5 Å². The maximum Gasteiger partial charge on any atom is 0.416 e. The molecule has 1 saturated heterocycles. The summed E-state index contributed by atoms with van der Waals surface area (Å²) >= 11 is 1.33. The molecular weight excluding hydrogens is 453 g/mol. The van der Waals surface area contributed by atoms with Gasteiger partial charge in [0.25, 0.3) is 0 Å². The Kier molecular flexibility index (Phi) is 6.00. The van der Waals surface area contributed by atoms with Gasteiger partial charge in [-0.25, -0.2) is 9.78 Å². The summed E-state index contributed by atoms with van der Waals surface area (Å²) in [6, 6.07) is 8.97. The Labute approximate surface area is 192 Å². The maximum atomic E-state index is 13.3. The summed E-state index contributed by atoms with van der Waals surface area (Å²) in [7, 11) is 0. The van der Waals surface area contributed by atoms with Gasteiger partial charge in [0.2, 0.25) is 0 Å². The molecule has 0 spiro atoms. The number of rotatable bonds is 5. The number of amides is 1. The SMILES string of the molecule is Cc1cc([C@H]2OC(=O)N(Cc3cc(C)ccc3-c3nc(C=O)cs3)[C@H]2C)cc(C(F)(F)F)c1. The zero-order chi connectivity index (χ0) is 23.9. The van der Waals surface area contributed by atoms with Crippen molar-refractivity contribution in [1.29, 1.82) is 0 Å². The van der Waals surface area contributed by atoms with E-state index in [9.17, 15) is 22.8 Å². The van der Waals surface area contributed by atoms with Crippen LogP contribution in [0.4, 0.5) is 18.0 Å². The lowest BCUT2D eigenvalue weighted by molar-refractivity contribution is -0.137. The number of aryl methyl sites for hydroxylation is 2. The smallest absolute Gasteiger partial charge is 0.416 e. The first kappa shape index (κ1) is 23.0. The minimum atomic E-state index is -4.49. The molecule has 0 N–H and O–H groups in total. The highest BCUT2D eigenvalue weighted by atomic mass is 32.1. The molecule has 0 aliphatic carbocycles. The van der Waals surface area contributed by atoms with Crippen LogP contribution in [-0.4, -0.2) is 28.3 Å². The van der Waals surface area contributed by atoms with Gasteiger partial charge in [0.1, 0.15) is 16.8 Å². The fraction of sp³-hybridized carbons (Fsp3) is 0.292. The van der Waals surface area contributed by atoms with Gasteiger partial charge < -0.3 is 4.74 Å². The topological polar surface area (TPSA) is 59.5 Å². The molecule has 4 rings (SSSR count). The molecule has 1 aliphatic heterocycles. The molecule has 9 heteroatoms. The lowest BCUT2D eigenvalue weighted by atomic mass is 9.97. The largest absolute Gasteiger partial charge is 0.439 e. The number of thiazole rings is 1. The van der Waals surface area contributed by atoms with E-state index in [0.717, 1.165) is 28.8 Å². The molecule has 1 fully saturated rings. The second-order valence-corrected chi connectivity index (χ2v) is 9.02. The lowest BCUT2D eigenvalue weighted by Gasteiger charge is -2.23. The monoisotopic (exact) mass is 474 g/mol. The number of aromatic nitrogens is 1. The van der Waals surface area contributed by atoms with Gasteiger partial charge in [-0.3, -0.25) is 9.69 Å². The Balaban J connectivity index is 1.65. The number of benzene rings is 2. The van der Waals surface area contributed by atoms with Gasteiger partial charge >= 0.3 is 12.3 Å². The Morgan fingerprint density at radius 1 is 1.15 bits per heavy atom. The summed E-state index contributed by atoms with van der Waals surface area (Å²) in [4.78, 5) is 29.6. The first-order chi connectivity index (χ1) is 15.6. The van der Waals surface area contributed by atoms with Crippen molar-refractivity contribution < 1.29 is 27.5 Å². The summed E-state index contributed by atoms with van der Waals surface area (Å²) < 4.78 is 45.4. The standard InChI is InChI=1S/C24H21F3N2O3S/c1-13-4-5-20(22-28-19(11-30)12-33-22)17(6-13)10-29-15(3)21(32-23(29)31)16-7-14(2)8-18(9-16)24(25,26)27/h4-9,11-12,15,21H,10H2,1-3H3/t15-,21-/m0/s1. The van der Waals surface area contributed by atoms with Crippen molar-refractivity contribution in [3.63, 3.8) is 0 Å². The number of alkyl halides is 3. The van der Waals surface area contributed by atoms with E-state index in [0.29, 0.717) is 28.1 Å². The van der Waals surface area contributed by atoms with Gasteiger partial charge in [-0.2, -0.15) is 13.2 Å². The van der Waals surface area contributed by atoms with Crippen LogP contribution < -0.4 is 0 Å². The number of hydrogen-bond donors (Lipinski definition) is 0. The third-order valence-corrected chi connectivity index (χ3v) is 6.52. The van der Waals surface area contributed by atoms with Crippen LogP contribution in [0, 0.1) is 13.8 Å². The van der Waals surface area contributed by atoms with E-state index in [2.05, 4.69) is 4.98 Å². The highest BCUT2D eigenvalue weighted by molar-refractivity contribution is 7.13. The average Bonchev–Trinajstić information content (AvgIpc) is 3.33. The van der Waals surface area contributed by atoms with Gasteiger partial charge in [0.15, 0.2) is 6.29 Å². The number of nitrogens with zero attached hydrogens (tertiary/aromatic N) is 2. The number of cyclic esters (lactones) is 1. The third kappa shape index (κ3) is 4.64. The van der Waals surface area contributed by atoms with Crippen LogP contribution in [0.2, 0.25) is 0 Å². The quantitative estimate of drug-likeness (QED) is 0.405. The van der Waals surface area contributed by atoms with E-state index >= 15 is 0 Å². The number of hydrogen-bond acceptors (Lipinski definition) is 5. The van der Waals surface area contributed by atoms with Crippen molar-refractivity contribution in [2.45, 2.75) is 45.6 Å². The first-order valence-electron chi connectivity index (χ1n) is 10.2. The number of halogens is 3. The van der Waals surface area contributed by atoms with Gasteiger partial charge in [-0.1, -0.05) is 35.4 Å². The van der Waals surface area contributed by atoms with E-state index in [1.807, 2.05) is 25.1 Å². The number of aldehydes is 1. The minimum absolute atomic E-state index is 0.196. The molecule has 0 saturated carbocycles. The molecule has 0 unspecified atom stereocenters. The summed E-state index contributed by atoms with van der Waals surface area (Å²) in [5.41, 5.74) is 2.89. The van der Waals surface area contributed by atoms with Crippen molar-refractivity contribution in [2.24, 2.45) is 0 Å². The molecule has 0 radical (unpaired) electrons. The molecule has 2 aromatic carbocycles. The van der Waals surface area contributed by atoms with Crippen LogP contribution in [0.15, 0.2) is 41.8 Å². The Bertz CT molecular complexity index is 1220. The second-order valence-electron chi connectivity index (χ2n) is 8.16. The van der Waals surface area contributed by atoms with Crippen molar-refractivity contribution in [3.05, 3.63) is 75.3 Å². The van der Waals surface area contributed by atoms with Crippen LogP contribution in [0.25, 0.3) is 10.6 Å². The molecule has 0 bridgehead atoms. The minimum Gasteiger partial charge on any atom is -0.439 e. The molecule has 1 aliphatic rings. The molecular formula is C24H21F3N2O3S. The third-order valence-electron chi connectivity index (χ3n) is 5.62. The lowest BCUT2D eigenvalue weighted by Crippen LogP contribution is -2.31. The predicted octanol–water partition coefficient (Wildman–Crippen LogP) is 6.34. The van der Waals surface area contributed by atoms with E-state index in [-0.39, 0.29) is 6.54 Å². The second kappa shape index (κ2) is 8.62. The molecule has 5 nitrogen and oxygen atoms in total. The first-order valence-corrected chi connectivity index (χ1v) is 11.1. The Hall–Kier alpha value is -3.20. The average molecular weight is 475 g/mol. The van der Waals surface area contributed by atoms with Crippen molar-refractivity contribution in [2.75, 3.05) is 0 Å². The van der Waals surface area contributed by atoms with Gasteiger partial charge in [-0.15, -0.1) is 11.3 Å². The Morgan fingerprint density at radius 2 is 1.91 bits per heavy atom. The highest BCUT2D eigenvalue weighted by Crippen LogP contribution is 2.38. The summed E-state index contributed by atoms with van der Waals surface area (Å²) in [6.07, 6.45) is -5.23. The van der Waals surface area contributed by atoms with E-state index < -0.39 is 30.0 Å². The molecule has 2 atom stereocenters. The number of carbonyl (C=O) groups is 2. The predicted molar refractivity (Wildman–Crippen MR) is 118 cm³/mol. The normalized spacial score (nSPS) is 18.5. The Morgan fingerprint density at radius 3 is 2.58 bits per heavy atom.